The molecule has 0 amide bonds. The van der Waals surface area contributed by atoms with Crippen LogP contribution in [0.4, 0.5) is 0 Å². The molecule has 1 aliphatic heterocycles. The van der Waals surface area contributed by atoms with Crippen LogP contribution < -0.4 is 4.72 Å². The van der Waals surface area contributed by atoms with Gasteiger partial charge in [0.05, 0.1) is 6.26 Å². The predicted molar refractivity (Wildman–Crippen MR) is 83.5 cm³/mol. The van der Waals surface area contributed by atoms with Crippen molar-refractivity contribution in [3.8, 4) is 0 Å². The van der Waals surface area contributed by atoms with E-state index in [1.165, 1.54) is 0 Å². The minimum absolute atomic E-state index is 0.0219. The smallest absolute Gasteiger partial charge is 0.136 e. The highest BCUT2D eigenvalue weighted by molar-refractivity contribution is 7.90. The molecule has 0 bridgehead atoms. The molecule has 110 valence electrons. The molecule has 3 atom stereocenters. The Morgan fingerprint density at radius 2 is 2.00 bits per heavy atom. The lowest BCUT2D eigenvalue weighted by Crippen LogP contribution is -2.45. The van der Waals surface area contributed by atoms with Crippen LogP contribution in [0, 0.1) is 0 Å². The van der Waals surface area contributed by atoms with Crippen LogP contribution in [0.15, 0.2) is 42.7 Å². The van der Waals surface area contributed by atoms with E-state index in [0.717, 1.165) is 18.4 Å². The molecule has 0 radical (unpaired) electrons. The van der Waals surface area contributed by atoms with Gasteiger partial charge in [-0.25, -0.2) is 0 Å². The Balaban J connectivity index is 2.18. The summed E-state index contributed by atoms with van der Waals surface area (Å²) in [5, 5.41) is 0. The van der Waals surface area contributed by atoms with Gasteiger partial charge in [0.1, 0.15) is 16.9 Å². The zero-order valence-corrected chi connectivity index (χ0v) is 13.2. The fourth-order valence-electron chi connectivity index (χ4n) is 2.11. The van der Waals surface area contributed by atoms with Gasteiger partial charge in [0.25, 0.3) is 0 Å². The number of hydrogen-bond acceptors (Lipinski definition) is 3. The molecule has 2 unspecified atom stereocenters. The summed E-state index contributed by atoms with van der Waals surface area (Å²) >= 11 is -1.12. The molecular formula is C16H23NO2S. The third-order valence-electron chi connectivity index (χ3n) is 3.29. The van der Waals surface area contributed by atoms with Crippen molar-refractivity contribution in [1.29, 1.82) is 0 Å². The molecule has 1 N–H and O–H groups in total. The third-order valence-corrected chi connectivity index (χ3v) is 4.87. The second-order valence-electron chi connectivity index (χ2n) is 6.01. The Morgan fingerprint density at radius 3 is 2.55 bits per heavy atom. The zero-order valence-electron chi connectivity index (χ0n) is 12.3. The Bertz CT molecular complexity index is 442. The summed E-state index contributed by atoms with van der Waals surface area (Å²) in [5.41, 5.74) is 1.12. The molecular weight excluding hydrogens is 270 g/mol. The Kier molecular flexibility index (Phi) is 5.13. The van der Waals surface area contributed by atoms with E-state index >= 15 is 0 Å². The van der Waals surface area contributed by atoms with E-state index in [9.17, 15) is 4.55 Å². The maximum atomic E-state index is 12.4. The van der Waals surface area contributed by atoms with Gasteiger partial charge in [-0.05, 0) is 45.3 Å². The fourth-order valence-corrected chi connectivity index (χ4v) is 2.98. The Hall–Kier alpha value is -0.970. The second-order valence-corrected chi connectivity index (χ2v) is 8.01. The van der Waals surface area contributed by atoms with Gasteiger partial charge in [-0.1, -0.05) is 30.3 Å². The second kappa shape index (κ2) is 6.66. The first-order chi connectivity index (χ1) is 9.48. The monoisotopic (exact) mass is 293 g/mol. The van der Waals surface area contributed by atoms with Crippen LogP contribution in [-0.4, -0.2) is 15.4 Å². The molecule has 2 rings (SSSR count). The lowest BCUT2D eigenvalue weighted by Gasteiger charge is -2.33. The van der Waals surface area contributed by atoms with Gasteiger partial charge in [0.2, 0.25) is 0 Å². The van der Waals surface area contributed by atoms with Crippen molar-refractivity contribution in [2.45, 2.75) is 50.5 Å². The van der Waals surface area contributed by atoms with Gasteiger partial charge in [-0.3, -0.25) is 0 Å². The molecule has 0 spiro atoms. The van der Waals surface area contributed by atoms with Crippen molar-refractivity contribution >= 4 is 11.4 Å². The summed E-state index contributed by atoms with van der Waals surface area (Å²) in [6.07, 6.45) is 5.74. The van der Waals surface area contributed by atoms with Crippen molar-refractivity contribution in [3.63, 3.8) is 0 Å². The molecule has 3 nitrogen and oxygen atoms in total. The van der Waals surface area contributed by atoms with E-state index in [-0.39, 0.29) is 16.9 Å². The first kappa shape index (κ1) is 15.4. The van der Waals surface area contributed by atoms with E-state index in [0.29, 0.717) is 0 Å². The van der Waals surface area contributed by atoms with Crippen molar-refractivity contribution in [2.24, 2.45) is 0 Å². The Morgan fingerprint density at radius 1 is 1.30 bits per heavy atom. The number of rotatable bonds is 4. The van der Waals surface area contributed by atoms with E-state index in [2.05, 4.69) is 16.9 Å². The molecule has 0 aromatic heterocycles. The van der Waals surface area contributed by atoms with E-state index in [1.807, 2.05) is 45.0 Å². The van der Waals surface area contributed by atoms with Gasteiger partial charge >= 0.3 is 0 Å². The topological polar surface area (TPSA) is 44.3 Å². The molecule has 1 aliphatic rings. The lowest BCUT2D eigenvalue weighted by atomic mass is 9.98. The van der Waals surface area contributed by atoms with Gasteiger partial charge < -0.3 is 9.29 Å². The first-order valence-electron chi connectivity index (χ1n) is 7.02. The molecule has 1 aromatic rings. The lowest BCUT2D eigenvalue weighted by molar-refractivity contribution is 0.0933. The normalized spacial score (nSPS) is 22.1. The predicted octanol–water partition coefficient (Wildman–Crippen LogP) is 3.47. The summed E-state index contributed by atoms with van der Waals surface area (Å²) in [6, 6.07) is 10.0. The quantitative estimate of drug-likeness (QED) is 0.865. The minimum Gasteiger partial charge on any atom is -0.598 e. The number of allylic oxidation sites excluding steroid dienone is 1. The maximum Gasteiger partial charge on any atom is 0.136 e. The molecule has 0 fully saturated rings. The average molecular weight is 293 g/mol. The average Bonchev–Trinajstić information content (AvgIpc) is 2.45. The molecule has 1 heterocycles. The first-order valence-corrected chi connectivity index (χ1v) is 8.17. The van der Waals surface area contributed by atoms with Crippen LogP contribution in [0.5, 0.6) is 0 Å². The van der Waals surface area contributed by atoms with Crippen LogP contribution in [0.1, 0.15) is 45.2 Å². The van der Waals surface area contributed by atoms with Crippen LogP contribution in [-0.2, 0) is 16.1 Å². The standard InChI is InChI=1S/C16H23NO2S/c1-16(2,3)20(18)17-15(13-9-5-4-6-10-13)14-11-7-8-12-19-14/h4-6,8-10,12,14-15,17H,7,11H2,1-3H3/t14-,15?,20?/m0/s1. The number of benzene rings is 1. The summed E-state index contributed by atoms with van der Waals surface area (Å²) in [6.45, 7) is 5.92. The highest BCUT2D eigenvalue weighted by atomic mass is 32.2. The van der Waals surface area contributed by atoms with Crippen LogP contribution in [0.25, 0.3) is 0 Å². The summed E-state index contributed by atoms with van der Waals surface area (Å²) in [4.78, 5) is 0. The van der Waals surface area contributed by atoms with Crippen molar-refractivity contribution in [1.82, 2.24) is 4.72 Å². The molecule has 4 heteroatoms. The minimum atomic E-state index is -1.12. The third kappa shape index (κ3) is 4.01. The fraction of sp³-hybridized carbons (Fsp3) is 0.500. The number of hydrogen-bond donors (Lipinski definition) is 1. The van der Waals surface area contributed by atoms with Gasteiger partial charge in [-0.2, -0.15) is 0 Å². The molecule has 1 aromatic carbocycles. The number of nitrogens with one attached hydrogen (secondary N) is 1. The van der Waals surface area contributed by atoms with Gasteiger partial charge in [0.15, 0.2) is 0 Å². The summed E-state index contributed by atoms with van der Waals surface area (Å²) in [7, 11) is 0. The van der Waals surface area contributed by atoms with Crippen molar-refractivity contribution in [3.05, 3.63) is 48.2 Å². The SMILES string of the molecule is CC(C)(C)[S+]([O-])NC(c1ccccc1)[C@@H]1CCC=CO1. The summed E-state index contributed by atoms with van der Waals surface area (Å²) < 4.78 is 21.1. The Labute approximate surface area is 124 Å². The molecule has 0 saturated carbocycles. The van der Waals surface area contributed by atoms with E-state index in [1.54, 1.807) is 6.26 Å². The highest BCUT2D eigenvalue weighted by Crippen LogP contribution is 2.28. The zero-order chi connectivity index (χ0) is 14.6. The van der Waals surface area contributed by atoms with Crippen LogP contribution >= 0.6 is 0 Å². The van der Waals surface area contributed by atoms with Gasteiger partial charge in [-0.15, -0.1) is 4.72 Å². The van der Waals surface area contributed by atoms with Crippen LogP contribution in [0.3, 0.4) is 0 Å². The molecule has 0 aliphatic carbocycles. The van der Waals surface area contributed by atoms with Gasteiger partial charge in [0, 0.05) is 11.4 Å². The van der Waals surface area contributed by atoms with Crippen molar-refractivity contribution < 1.29 is 9.29 Å². The molecule has 20 heavy (non-hydrogen) atoms. The van der Waals surface area contributed by atoms with E-state index < -0.39 is 11.4 Å². The highest BCUT2D eigenvalue weighted by Gasteiger charge is 2.34. The summed E-state index contributed by atoms with van der Waals surface area (Å²) in [5.74, 6) is 0. The molecule has 0 saturated heterocycles. The number of ether oxygens (including phenoxy) is 1. The van der Waals surface area contributed by atoms with Crippen molar-refractivity contribution in [2.75, 3.05) is 0 Å². The van der Waals surface area contributed by atoms with Crippen LogP contribution in [0.2, 0.25) is 0 Å². The largest absolute Gasteiger partial charge is 0.598 e. The maximum absolute atomic E-state index is 12.4. The van der Waals surface area contributed by atoms with E-state index in [4.69, 9.17) is 4.74 Å².